The Hall–Kier alpha value is -2.76. The lowest BCUT2D eigenvalue weighted by atomic mass is 10.2. The van der Waals surface area contributed by atoms with Crippen molar-refractivity contribution in [3.8, 4) is 46.0 Å². The first-order chi connectivity index (χ1) is 8.54. The van der Waals surface area contributed by atoms with E-state index in [0.717, 1.165) is 0 Å². The maximum absolute atomic E-state index is 9.35. The lowest BCUT2D eigenvalue weighted by Crippen LogP contribution is -1.98. The molecule has 1 aliphatic rings. The van der Waals surface area contributed by atoms with Gasteiger partial charge in [0.1, 0.15) is 0 Å². The monoisotopic (exact) mass is 248 g/mol. The Morgan fingerprint density at radius 3 is 0.944 bits per heavy atom. The number of hydrogen-bond acceptors (Lipinski definition) is 6. The van der Waals surface area contributed by atoms with Crippen LogP contribution < -0.4 is 9.47 Å². The molecule has 0 spiro atoms. The summed E-state index contributed by atoms with van der Waals surface area (Å²) in [4.78, 5) is 0. The van der Waals surface area contributed by atoms with Gasteiger partial charge in [-0.3, -0.25) is 0 Å². The van der Waals surface area contributed by atoms with Gasteiger partial charge < -0.3 is 29.9 Å². The van der Waals surface area contributed by atoms with Crippen LogP contribution in [-0.4, -0.2) is 20.4 Å². The summed E-state index contributed by atoms with van der Waals surface area (Å²) >= 11 is 0. The molecular formula is C12H8O6. The topological polar surface area (TPSA) is 99.4 Å². The molecular weight excluding hydrogens is 240 g/mol. The molecule has 0 aromatic heterocycles. The van der Waals surface area contributed by atoms with Crippen molar-refractivity contribution in [3.05, 3.63) is 24.3 Å². The number of ether oxygens (including phenoxy) is 2. The van der Waals surface area contributed by atoms with Crippen LogP contribution in [0.5, 0.6) is 46.0 Å². The van der Waals surface area contributed by atoms with Gasteiger partial charge in [0.05, 0.1) is 0 Å². The molecule has 0 fully saturated rings. The van der Waals surface area contributed by atoms with Crippen molar-refractivity contribution in [1.29, 1.82) is 0 Å². The number of aromatic hydroxyl groups is 4. The van der Waals surface area contributed by atoms with Crippen LogP contribution in [0.4, 0.5) is 0 Å². The minimum atomic E-state index is -0.344. The minimum absolute atomic E-state index is 0.197. The fraction of sp³-hybridized carbons (Fsp3) is 0. The highest BCUT2D eigenvalue weighted by Gasteiger charge is 2.22. The van der Waals surface area contributed by atoms with E-state index in [4.69, 9.17) is 9.47 Å². The highest BCUT2D eigenvalue weighted by molar-refractivity contribution is 5.62. The molecule has 0 radical (unpaired) electrons. The third-order valence-electron chi connectivity index (χ3n) is 2.52. The summed E-state index contributed by atoms with van der Waals surface area (Å²) in [5.74, 6) is -0.586. The summed E-state index contributed by atoms with van der Waals surface area (Å²) in [6, 6.07) is 4.77. The second-order valence-corrected chi connectivity index (χ2v) is 3.78. The van der Waals surface area contributed by atoms with Crippen molar-refractivity contribution >= 4 is 0 Å². The molecule has 0 aliphatic carbocycles. The van der Waals surface area contributed by atoms with E-state index in [1.807, 2.05) is 0 Å². The van der Waals surface area contributed by atoms with Crippen molar-refractivity contribution in [1.82, 2.24) is 0 Å². The summed E-state index contributed by atoms with van der Waals surface area (Å²) in [6.07, 6.45) is 0. The molecule has 2 aromatic carbocycles. The number of phenols is 4. The maximum Gasteiger partial charge on any atom is 0.174 e. The number of benzene rings is 2. The van der Waals surface area contributed by atoms with E-state index in [1.54, 1.807) is 0 Å². The van der Waals surface area contributed by atoms with E-state index in [-0.39, 0.29) is 46.0 Å². The summed E-state index contributed by atoms with van der Waals surface area (Å²) in [7, 11) is 0. The maximum atomic E-state index is 9.35. The highest BCUT2D eigenvalue weighted by atomic mass is 16.6. The molecule has 6 nitrogen and oxygen atoms in total. The molecule has 3 rings (SSSR count). The number of hydrogen-bond donors (Lipinski definition) is 4. The lowest BCUT2D eigenvalue weighted by Gasteiger charge is -2.21. The van der Waals surface area contributed by atoms with Crippen LogP contribution in [0.25, 0.3) is 0 Å². The smallest absolute Gasteiger partial charge is 0.174 e. The van der Waals surface area contributed by atoms with E-state index in [1.165, 1.54) is 24.3 Å². The third kappa shape index (κ3) is 1.43. The van der Waals surface area contributed by atoms with Crippen LogP contribution in [0.2, 0.25) is 0 Å². The zero-order valence-corrected chi connectivity index (χ0v) is 8.91. The Labute approximate surface area is 101 Å². The molecule has 0 unspecified atom stereocenters. The zero-order chi connectivity index (χ0) is 12.9. The Morgan fingerprint density at radius 2 is 0.722 bits per heavy atom. The van der Waals surface area contributed by atoms with Crippen molar-refractivity contribution < 1.29 is 29.9 Å². The summed E-state index contributed by atoms with van der Waals surface area (Å²) < 4.78 is 10.8. The third-order valence-corrected chi connectivity index (χ3v) is 2.52. The first kappa shape index (κ1) is 10.4. The molecule has 92 valence electrons. The van der Waals surface area contributed by atoms with Crippen LogP contribution in [-0.2, 0) is 0 Å². The van der Waals surface area contributed by atoms with Gasteiger partial charge in [-0.1, -0.05) is 0 Å². The van der Waals surface area contributed by atoms with Gasteiger partial charge in [0.2, 0.25) is 0 Å². The summed E-state index contributed by atoms with van der Waals surface area (Å²) in [5, 5.41) is 37.4. The molecule has 0 amide bonds. The molecule has 0 saturated carbocycles. The predicted molar refractivity (Wildman–Crippen MR) is 59.7 cm³/mol. The molecule has 1 aliphatic heterocycles. The zero-order valence-electron chi connectivity index (χ0n) is 8.91. The number of phenolic OH excluding ortho intramolecular Hbond substituents is 4. The number of rotatable bonds is 0. The summed E-state index contributed by atoms with van der Waals surface area (Å²) in [6.45, 7) is 0. The average molecular weight is 248 g/mol. The molecule has 4 N–H and O–H groups in total. The van der Waals surface area contributed by atoms with E-state index in [2.05, 4.69) is 0 Å². The second kappa shape index (κ2) is 3.36. The average Bonchev–Trinajstić information content (AvgIpc) is 2.31. The molecule has 0 atom stereocenters. The molecule has 18 heavy (non-hydrogen) atoms. The SMILES string of the molecule is Oc1cc2c(cc1O)Oc1cc(O)c(O)cc1O2. The van der Waals surface area contributed by atoms with E-state index >= 15 is 0 Å². The van der Waals surface area contributed by atoms with Gasteiger partial charge in [0, 0.05) is 24.3 Å². The van der Waals surface area contributed by atoms with Crippen molar-refractivity contribution in [3.63, 3.8) is 0 Å². The van der Waals surface area contributed by atoms with Gasteiger partial charge >= 0.3 is 0 Å². The molecule has 2 aromatic rings. The fourth-order valence-electron chi connectivity index (χ4n) is 1.63. The Bertz CT molecular complexity index is 538. The van der Waals surface area contributed by atoms with Gasteiger partial charge in [-0.15, -0.1) is 0 Å². The quantitative estimate of drug-likeness (QED) is 0.456. The molecule has 0 saturated heterocycles. The number of fused-ring (bicyclic) bond motifs is 2. The Morgan fingerprint density at radius 1 is 0.500 bits per heavy atom. The van der Waals surface area contributed by atoms with Gasteiger partial charge in [-0.2, -0.15) is 0 Å². The normalized spacial score (nSPS) is 12.0. The van der Waals surface area contributed by atoms with Crippen molar-refractivity contribution in [2.45, 2.75) is 0 Å². The van der Waals surface area contributed by atoms with Gasteiger partial charge in [-0.25, -0.2) is 0 Å². The van der Waals surface area contributed by atoms with Crippen molar-refractivity contribution in [2.24, 2.45) is 0 Å². The lowest BCUT2D eigenvalue weighted by molar-refractivity contribution is 0.337. The fourth-order valence-corrected chi connectivity index (χ4v) is 1.63. The first-order valence-corrected chi connectivity index (χ1v) is 5.02. The van der Waals surface area contributed by atoms with Crippen LogP contribution in [0.1, 0.15) is 0 Å². The van der Waals surface area contributed by atoms with Gasteiger partial charge in [0.25, 0.3) is 0 Å². The second-order valence-electron chi connectivity index (χ2n) is 3.78. The van der Waals surface area contributed by atoms with E-state index in [0.29, 0.717) is 0 Å². The Balaban J connectivity index is 2.12. The van der Waals surface area contributed by atoms with Crippen LogP contribution in [0.15, 0.2) is 24.3 Å². The largest absolute Gasteiger partial charge is 0.504 e. The Kier molecular flexibility index (Phi) is 1.94. The standard InChI is InChI=1S/C12H8O6/c13-5-1-9-10(2-6(5)14)18-12-4-8(16)7(15)3-11(12)17-9/h1-4,13-16H. The van der Waals surface area contributed by atoms with Crippen molar-refractivity contribution in [2.75, 3.05) is 0 Å². The molecule has 6 heteroatoms. The molecule has 0 bridgehead atoms. The predicted octanol–water partition coefficient (Wildman–Crippen LogP) is 2.41. The van der Waals surface area contributed by atoms with Crippen LogP contribution in [0, 0.1) is 0 Å². The van der Waals surface area contributed by atoms with Gasteiger partial charge in [-0.05, 0) is 0 Å². The van der Waals surface area contributed by atoms with E-state index in [9.17, 15) is 20.4 Å². The molecule has 1 heterocycles. The van der Waals surface area contributed by atoms with Gasteiger partial charge in [0.15, 0.2) is 46.0 Å². The highest BCUT2D eigenvalue weighted by Crippen LogP contribution is 2.51. The minimum Gasteiger partial charge on any atom is -0.504 e. The summed E-state index contributed by atoms with van der Waals surface area (Å²) in [5.41, 5.74) is 0. The van der Waals surface area contributed by atoms with Crippen LogP contribution >= 0.6 is 0 Å². The first-order valence-electron chi connectivity index (χ1n) is 5.02. The van der Waals surface area contributed by atoms with Crippen LogP contribution in [0.3, 0.4) is 0 Å². The van der Waals surface area contributed by atoms with E-state index < -0.39 is 0 Å².